The molecule has 0 saturated heterocycles. The van der Waals surface area contributed by atoms with Crippen molar-refractivity contribution in [1.29, 1.82) is 0 Å². The lowest BCUT2D eigenvalue weighted by atomic mass is 10.2. The number of rotatable bonds is 5. The van der Waals surface area contributed by atoms with E-state index < -0.39 is 0 Å². The second kappa shape index (κ2) is 6.97. The van der Waals surface area contributed by atoms with Gasteiger partial charge in [0.1, 0.15) is 11.6 Å². The highest BCUT2D eigenvalue weighted by Gasteiger charge is 2.15. The standard InChI is InChI=1S/C18H17N3O2S/c1-3-13(22)11-24-18-20-15-7-5-4-6-14(15)17(23)21(18)16-10-12(2)8-9-19-16/h4-10H,3,11H2,1-2H3. The molecule has 0 fully saturated rings. The maximum absolute atomic E-state index is 13.0. The number of hydrogen-bond acceptors (Lipinski definition) is 5. The predicted molar refractivity (Wildman–Crippen MR) is 95.9 cm³/mol. The molecule has 0 spiro atoms. The Balaban J connectivity index is 2.21. The summed E-state index contributed by atoms with van der Waals surface area (Å²) in [5.74, 6) is 0.920. The van der Waals surface area contributed by atoms with Crippen molar-refractivity contribution in [3.63, 3.8) is 0 Å². The number of para-hydroxylation sites is 1. The van der Waals surface area contributed by atoms with Crippen LogP contribution in [-0.4, -0.2) is 26.1 Å². The van der Waals surface area contributed by atoms with E-state index in [1.54, 1.807) is 18.3 Å². The predicted octanol–water partition coefficient (Wildman–Crippen LogP) is 3.16. The molecule has 3 aromatic rings. The third-order valence-corrected chi connectivity index (χ3v) is 4.63. The lowest BCUT2D eigenvalue weighted by Crippen LogP contribution is -2.23. The average molecular weight is 339 g/mol. The zero-order valence-corrected chi connectivity index (χ0v) is 14.3. The van der Waals surface area contributed by atoms with Gasteiger partial charge in [-0.05, 0) is 36.8 Å². The molecule has 3 rings (SSSR count). The van der Waals surface area contributed by atoms with Gasteiger partial charge in [-0.25, -0.2) is 14.5 Å². The first-order valence-corrected chi connectivity index (χ1v) is 8.68. The summed E-state index contributed by atoms with van der Waals surface area (Å²) < 4.78 is 1.49. The number of ketones is 1. The second-order valence-electron chi connectivity index (χ2n) is 5.42. The van der Waals surface area contributed by atoms with Gasteiger partial charge in [0.25, 0.3) is 5.56 Å². The molecular formula is C18H17N3O2S. The number of hydrogen-bond donors (Lipinski definition) is 0. The second-order valence-corrected chi connectivity index (χ2v) is 6.37. The van der Waals surface area contributed by atoms with Crippen molar-refractivity contribution >= 4 is 28.4 Å². The summed E-state index contributed by atoms with van der Waals surface area (Å²) in [5.41, 5.74) is 1.45. The quantitative estimate of drug-likeness (QED) is 0.528. The third-order valence-electron chi connectivity index (χ3n) is 3.63. The molecule has 6 heteroatoms. The van der Waals surface area contributed by atoms with Gasteiger partial charge in [-0.1, -0.05) is 30.8 Å². The first kappa shape index (κ1) is 16.4. The molecule has 24 heavy (non-hydrogen) atoms. The molecule has 0 amide bonds. The summed E-state index contributed by atoms with van der Waals surface area (Å²) in [5, 5.41) is 1.02. The molecule has 0 aliphatic rings. The van der Waals surface area contributed by atoms with E-state index in [4.69, 9.17) is 0 Å². The summed E-state index contributed by atoms with van der Waals surface area (Å²) in [4.78, 5) is 33.5. The lowest BCUT2D eigenvalue weighted by molar-refractivity contribution is -0.116. The molecular weight excluding hydrogens is 322 g/mol. The molecule has 0 aliphatic heterocycles. The van der Waals surface area contributed by atoms with E-state index in [9.17, 15) is 9.59 Å². The van der Waals surface area contributed by atoms with Gasteiger partial charge in [-0.3, -0.25) is 9.59 Å². The fraction of sp³-hybridized carbons (Fsp3) is 0.222. The minimum atomic E-state index is -0.176. The number of carbonyl (C=O) groups excluding carboxylic acids is 1. The SMILES string of the molecule is CCC(=O)CSc1nc2ccccc2c(=O)n1-c1cc(C)ccn1. The summed E-state index contributed by atoms with van der Waals surface area (Å²) >= 11 is 1.27. The Hall–Kier alpha value is -2.47. The molecule has 122 valence electrons. The normalized spacial score (nSPS) is 10.9. The molecule has 0 atom stereocenters. The molecule has 1 aromatic carbocycles. The van der Waals surface area contributed by atoms with E-state index in [0.29, 0.717) is 28.3 Å². The summed E-state index contributed by atoms with van der Waals surface area (Å²) in [6.07, 6.45) is 2.13. The van der Waals surface area contributed by atoms with Crippen molar-refractivity contribution in [3.05, 3.63) is 58.5 Å². The molecule has 0 bridgehead atoms. The van der Waals surface area contributed by atoms with Gasteiger partial charge in [0.15, 0.2) is 5.16 Å². The summed E-state index contributed by atoms with van der Waals surface area (Å²) in [6.45, 7) is 3.77. The molecule has 5 nitrogen and oxygen atoms in total. The average Bonchev–Trinajstić information content (AvgIpc) is 2.59. The third kappa shape index (κ3) is 3.23. The van der Waals surface area contributed by atoms with Crippen LogP contribution in [0.25, 0.3) is 16.7 Å². The smallest absolute Gasteiger partial charge is 0.267 e. The number of benzene rings is 1. The van der Waals surface area contributed by atoms with Crippen LogP contribution in [0.1, 0.15) is 18.9 Å². The first-order chi connectivity index (χ1) is 11.6. The van der Waals surface area contributed by atoms with Crippen LogP contribution in [-0.2, 0) is 4.79 Å². The highest BCUT2D eigenvalue weighted by molar-refractivity contribution is 7.99. The molecule has 0 saturated carbocycles. The van der Waals surface area contributed by atoms with Gasteiger partial charge < -0.3 is 0 Å². The fourth-order valence-electron chi connectivity index (χ4n) is 2.30. The van der Waals surface area contributed by atoms with E-state index in [-0.39, 0.29) is 17.1 Å². The van der Waals surface area contributed by atoms with Crippen molar-refractivity contribution in [2.45, 2.75) is 25.4 Å². The lowest BCUT2D eigenvalue weighted by Gasteiger charge is -2.12. The maximum Gasteiger partial charge on any atom is 0.267 e. The van der Waals surface area contributed by atoms with Gasteiger partial charge in [-0.15, -0.1) is 0 Å². The molecule has 2 aromatic heterocycles. The van der Waals surface area contributed by atoms with Crippen LogP contribution in [0.15, 0.2) is 52.5 Å². The highest BCUT2D eigenvalue weighted by atomic mass is 32.2. The van der Waals surface area contributed by atoms with Gasteiger partial charge in [0.2, 0.25) is 0 Å². The zero-order valence-electron chi connectivity index (χ0n) is 13.5. The number of carbonyl (C=O) groups is 1. The number of Topliss-reactive ketones (excluding diaryl/α,β-unsaturated/α-hetero) is 1. The Labute approximate surface area is 143 Å². The van der Waals surface area contributed by atoms with Crippen LogP contribution >= 0.6 is 11.8 Å². The van der Waals surface area contributed by atoms with Crippen LogP contribution in [0.3, 0.4) is 0 Å². The monoisotopic (exact) mass is 339 g/mol. The zero-order chi connectivity index (χ0) is 17.1. The highest BCUT2D eigenvalue weighted by Crippen LogP contribution is 2.21. The van der Waals surface area contributed by atoms with Gasteiger partial charge >= 0.3 is 0 Å². The topological polar surface area (TPSA) is 64.8 Å². The number of aryl methyl sites for hydroxylation is 1. The van der Waals surface area contributed by atoms with Crippen molar-refractivity contribution in [3.8, 4) is 5.82 Å². The Morgan fingerprint density at radius 1 is 1.25 bits per heavy atom. The summed E-state index contributed by atoms with van der Waals surface area (Å²) in [6, 6.07) is 10.9. The van der Waals surface area contributed by atoms with Gasteiger partial charge in [-0.2, -0.15) is 0 Å². The minimum Gasteiger partial charge on any atom is -0.299 e. The number of thioether (sulfide) groups is 1. The molecule has 0 unspecified atom stereocenters. The van der Waals surface area contributed by atoms with Crippen LogP contribution < -0.4 is 5.56 Å². The Kier molecular flexibility index (Phi) is 4.76. The van der Waals surface area contributed by atoms with E-state index in [1.807, 2.05) is 38.1 Å². The largest absolute Gasteiger partial charge is 0.299 e. The van der Waals surface area contributed by atoms with E-state index in [0.717, 1.165) is 5.56 Å². The fourth-order valence-corrected chi connectivity index (χ4v) is 3.26. The van der Waals surface area contributed by atoms with Crippen molar-refractivity contribution < 1.29 is 4.79 Å². The number of nitrogens with zero attached hydrogens (tertiary/aromatic N) is 3. The number of aromatic nitrogens is 3. The Morgan fingerprint density at radius 2 is 2.04 bits per heavy atom. The van der Waals surface area contributed by atoms with Crippen LogP contribution in [0.5, 0.6) is 0 Å². The number of pyridine rings is 1. The van der Waals surface area contributed by atoms with Crippen molar-refractivity contribution in [1.82, 2.24) is 14.5 Å². The van der Waals surface area contributed by atoms with Gasteiger partial charge in [0.05, 0.1) is 16.7 Å². The number of fused-ring (bicyclic) bond motifs is 1. The van der Waals surface area contributed by atoms with Gasteiger partial charge in [0, 0.05) is 12.6 Å². The minimum absolute atomic E-state index is 0.117. The Bertz CT molecular complexity index is 966. The van der Waals surface area contributed by atoms with E-state index >= 15 is 0 Å². The maximum atomic E-state index is 13.0. The Morgan fingerprint density at radius 3 is 2.79 bits per heavy atom. The molecule has 0 radical (unpaired) electrons. The van der Waals surface area contributed by atoms with Crippen LogP contribution in [0.4, 0.5) is 0 Å². The van der Waals surface area contributed by atoms with Crippen LogP contribution in [0, 0.1) is 6.92 Å². The molecule has 0 aliphatic carbocycles. The molecule has 2 heterocycles. The van der Waals surface area contributed by atoms with Crippen molar-refractivity contribution in [2.24, 2.45) is 0 Å². The first-order valence-electron chi connectivity index (χ1n) is 7.69. The van der Waals surface area contributed by atoms with Crippen molar-refractivity contribution in [2.75, 3.05) is 5.75 Å². The van der Waals surface area contributed by atoms with Crippen LogP contribution in [0.2, 0.25) is 0 Å². The summed E-state index contributed by atoms with van der Waals surface area (Å²) in [7, 11) is 0. The van der Waals surface area contributed by atoms with E-state index in [2.05, 4.69) is 9.97 Å². The molecule has 0 N–H and O–H groups in total. The van der Waals surface area contributed by atoms with E-state index in [1.165, 1.54) is 16.3 Å².